The molecular formula is C30H39FN6O3. The molecule has 40 heavy (non-hydrogen) atoms. The van der Waals surface area contributed by atoms with Gasteiger partial charge in [0, 0.05) is 32.6 Å². The average molecular weight is 551 g/mol. The Bertz CT molecular complexity index is 1310. The molecule has 4 rings (SSSR count). The van der Waals surface area contributed by atoms with E-state index in [2.05, 4.69) is 27.5 Å². The van der Waals surface area contributed by atoms with E-state index in [1.807, 2.05) is 35.2 Å². The average Bonchev–Trinajstić information content (AvgIpc) is 3.41. The number of rotatable bonds is 10. The van der Waals surface area contributed by atoms with Crippen molar-refractivity contribution in [1.29, 1.82) is 0 Å². The van der Waals surface area contributed by atoms with Gasteiger partial charge in [-0.1, -0.05) is 43.3 Å². The molecule has 10 heteroatoms. The summed E-state index contributed by atoms with van der Waals surface area (Å²) in [6, 6.07) is 12.5. The fourth-order valence-corrected chi connectivity index (χ4v) is 5.23. The van der Waals surface area contributed by atoms with Gasteiger partial charge in [0.1, 0.15) is 17.4 Å². The van der Waals surface area contributed by atoms with Crippen LogP contribution in [-0.4, -0.2) is 63.3 Å². The number of carbonyl (C=O) groups excluding carboxylic acids is 3. The van der Waals surface area contributed by atoms with Crippen molar-refractivity contribution in [1.82, 2.24) is 30.4 Å². The molecule has 0 spiro atoms. The lowest BCUT2D eigenvalue weighted by Crippen LogP contribution is -2.51. The summed E-state index contributed by atoms with van der Waals surface area (Å²) in [7, 11) is 1.66. The Morgan fingerprint density at radius 2 is 1.90 bits per heavy atom. The number of urea groups is 1. The van der Waals surface area contributed by atoms with E-state index in [1.165, 1.54) is 11.0 Å². The molecule has 2 aromatic carbocycles. The molecular weight excluding hydrogens is 511 g/mol. The van der Waals surface area contributed by atoms with Crippen LogP contribution in [0.25, 0.3) is 11.0 Å². The zero-order valence-electron chi connectivity index (χ0n) is 23.5. The smallest absolute Gasteiger partial charge is 0.318 e. The van der Waals surface area contributed by atoms with Crippen LogP contribution in [0.4, 0.5) is 9.18 Å². The Kier molecular flexibility index (Phi) is 9.74. The van der Waals surface area contributed by atoms with E-state index in [0.29, 0.717) is 17.9 Å². The van der Waals surface area contributed by atoms with Crippen molar-refractivity contribution in [3.05, 3.63) is 65.7 Å². The molecule has 0 unspecified atom stereocenters. The van der Waals surface area contributed by atoms with Crippen molar-refractivity contribution in [3.8, 4) is 0 Å². The van der Waals surface area contributed by atoms with Gasteiger partial charge in [-0.3, -0.25) is 9.59 Å². The third-order valence-electron chi connectivity index (χ3n) is 7.54. The molecule has 9 nitrogen and oxygen atoms in total. The second kappa shape index (κ2) is 13.4. The van der Waals surface area contributed by atoms with E-state index in [0.717, 1.165) is 37.8 Å². The van der Waals surface area contributed by atoms with Crippen LogP contribution in [0.1, 0.15) is 69.8 Å². The summed E-state index contributed by atoms with van der Waals surface area (Å²) >= 11 is 0. The maximum atomic E-state index is 14.2. The highest BCUT2D eigenvalue weighted by Crippen LogP contribution is 2.22. The number of para-hydroxylation sites is 1. The Morgan fingerprint density at radius 1 is 1.12 bits per heavy atom. The van der Waals surface area contributed by atoms with Gasteiger partial charge in [-0.15, -0.1) is 0 Å². The third kappa shape index (κ3) is 7.16. The van der Waals surface area contributed by atoms with Gasteiger partial charge in [0.15, 0.2) is 5.82 Å². The highest BCUT2D eigenvalue weighted by molar-refractivity contribution is 5.88. The lowest BCUT2D eigenvalue weighted by molar-refractivity contribution is -0.135. The molecule has 3 N–H and O–H groups in total. The number of fused-ring (bicyclic) bond motifs is 1. The first-order chi connectivity index (χ1) is 19.3. The molecule has 1 aromatic heterocycles. The number of piperidine rings is 1. The molecule has 3 atom stereocenters. The van der Waals surface area contributed by atoms with Gasteiger partial charge < -0.3 is 25.4 Å². The number of H-pyrrole nitrogens is 1. The van der Waals surface area contributed by atoms with Crippen molar-refractivity contribution in [2.24, 2.45) is 0 Å². The van der Waals surface area contributed by atoms with Crippen LogP contribution in [0.3, 0.4) is 0 Å². The number of amides is 4. The number of nitrogens with one attached hydrogen (secondary N) is 3. The number of benzene rings is 2. The monoisotopic (exact) mass is 550 g/mol. The number of aromatic amines is 1. The molecule has 0 radical (unpaired) electrons. The van der Waals surface area contributed by atoms with E-state index < -0.39 is 29.8 Å². The first-order valence-corrected chi connectivity index (χ1v) is 14.1. The van der Waals surface area contributed by atoms with Crippen LogP contribution >= 0.6 is 0 Å². The highest BCUT2D eigenvalue weighted by Gasteiger charge is 2.29. The minimum atomic E-state index is -0.942. The molecule has 3 aromatic rings. The normalized spacial score (nSPS) is 16.8. The summed E-state index contributed by atoms with van der Waals surface area (Å²) < 4.78 is 14.2. The summed E-state index contributed by atoms with van der Waals surface area (Å²) in [5.41, 5.74) is 1.68. The van der Waals surface area contributed by atoms with Crippen LogP contribution in [0, 0.1) is 5.82 Å². The SMILES string of the molecule is CC[C@H]1CCCCN1C(=O)CC[C@H](NC(=O)N(C)Cc1ccccc1)C(=O)N[C@@H](C)c1nc2c(F)cccc2[nH]1. The molecule has 2 heterocycles. The first kappa shape index (κ1) is 29.0. The number of imidazole rings is 1. The standard InChI is InChI=1S/C30H39FN6O3/c1-4-22-13-8-9-18-37(22)26(38)17-16-25(34-30(40)36(3)19-21-11-6-5-7-12-21)29(39)32-20(2)28-33-24-15-10-14-23(31)27(24)35-28/h5-7,10-12,14-15,20,22,25H,4,8-9,13,16-19H2,1-3H3,(H,32,39)(H,33,35)(H,34,40)/t20-,22-,25-/m0/s1. The maximum Gasteiger partial charge on any atom is 0.318 e. The quantitative estimate of drug-likeness (QED) is 0.341. The lowest BCUT2D eigenvalue weighted by atomic mass is 9.99. The molecule has 1 aliphatic rings. The van der Waals surface area contributed by atoms with Crippen molar-refractivity contribution in [2.75, 3.05) is 13.6 Å². The van der Waals surface area contributed by atoms with Gasteiger partial charge in [0.2, 0.25) is 11.8 Å². The van der Waals surface area contributed by atoms with E-state index >= 15 is 0 Å². The zero-order chi connectivity index (χ0) is 28.6. The molecule has 1 aliphatic heterocycles. The summed E-state index contributed by atoms with van der Waals surface area (Å²) in [4.78, 5) is 50.5. The van der Waals surface area contributed by atoms with E-state index in [9.17, 15) is 18.8 Å². The number of aromatic nitrogens is 2. The molecule has 0 saturated carbocycles. The van der Waals surface area contributed by atoms with Crippen molar-refractivity contribution < 1.29 is 18.8 Å². The fraction of sp³-hybridized carbons (Fsp3) is 0.467. The number of hydrogen-bond acceptors (Lipinski definition) is 4. The predicted octanol–water partition coefficient (Wildman–Crippen LogP) is 4.66. The lowest BCUT2D eigenvalue weighted by Gasteiger charge is -2.35. The molecule has 1 fully saturated rings. The first-order valence-electron chi connectivity index (χ1n) is 14.1. The Morgan fingerprint density at radius 3 is 2.62 bits per heavy atom. The number of hydrogen-bond donors (Lipinski definition) is 3. The zero-order valence-corrected chi connectivity index (χ0v) is 23.5. The van der Waals surface area contributed by atoms with Gasteiger partial charge in [0.05, 0.1) is 11.6 Å². The molecule has 0 aliphatic carbocycles. The minimum Gasteiger partial charge on any atom is -0.345 e. The number of halogens is 1. The van der Waals surface area contributed by atoms with Crippen molar-refractivity contribution in [3.63, 3.8) is 0 Å². The number of nitrogens with zero attached hydrogens (tertiary/aromatic N) is 3. The summed E-state index contributed by atoms with van der Waals surface area (Å²) in [6.07, 6.45) is 4.27. The van der Waals surface area contributed by atoms with Gasteiger partial charge >= 0.3 is 6.03 Å². The summed E-state index contributed by atoms with van der Waals surface area (Å²) in [5, 5.41) is 5.71. The third-order valence-corrected chi connectivity index (χ3v) is 7.54. The van der Waals surface area contributed by atoms with Crippen LogP contribution in [-0.2, 0) is 16.1 Å². The second-order valence-electron chi connectivity index (χ2n) is 10.5. The van der Waals surface area contributed by atoms with Crippen LogP contribution in [0.2, 0.25) is 0 Å². The minimum absolute atomic E-state index is 0.00273. The Balaban J connectivity index is 1.45. The van der Waals surface area contributed by atoms with Gasteiger partial charge in [-0.05, 0) is 56.7 Å². The largest absolute Gasteiger partial charge is 0.345 e. The van der Waals surface area contributed by atoms with Crippen molar-refractivity contribution in [2.45, 2.75) is 77.0 Å². The second-order valence-corrected chi connectivity index (χ2v) is 10.5. The summed E-state index contributed by atoms with van der Waals surface area (Å²) in [5.74, 6) is -0.493. The van der Waals surface area contributed by atoms with Gasteiger partial charge in [-0.2, -0.15) is 0 Å². The van der Waals surface area contributed by atoms with E-state index in [-0.39, 0.29) is 30.3 Å². The topological polar surface area (TPSA) is 110 Å². The molecule has 1 saturated heterocycles. The van der Waals surface area contributed by atoms with Crippen LogP contribution in [0.15, 0.2) is 48.5 Å². The Hall–Kier alpha value is -3.95. The highest BCUT2D eigenvalue weighted by atomic mass is 19.1. The van der Waals surface area contributed by atoms with Crippen molar-refractivity contribution >= 4 is 28.9 Å². The van der Waals surface area contributed by atoms with E-state index in [1.54, 1.807) is 26.1 Å². The van der Waals surface area contributed by atoms with Gasteiger partial charge in [-0.25, -0.2) is 14.2 Å². The predicted molar refractivity (Wildman–Crippen MR) is 152 cm³/mol. The molecule has 4 amide bonds. The Labute approximate surface area is 234 Å². The number of carbonyl (C=O) groups is 3. The van der Waals surface area contributed by atoms with Crippen LogP contribution in [0.5, 0.6) is 0 Å². The summed E-state index contributed by atoms with van der Waals surface area (Å²) in [6.45, 7) is 4.91. The molecule has 0 bridgehead atoms. The van der Waals surface area contributed by atoms with Crippen LogP contribution < -0.4 is 10.6 Å². The number of likely N-dealkylation sites (tertiary alicyclic amines) is 1. The fourth-order valence-electron chi connectivity index (χ4n) is 5.23. The molecule has 214 valence electrons. The maximum absolute atomic E-state index is 14.2. The van der Waals surface area contributed by atoms with E-state index in [4.69, 9.17) is 0 Å². The van der Waals surface area contributed by atoms with Gasteiger partial charge in [0.25, 0.3) is 0 Å².